The summed E-state index contributed by atoms with van der Waals surface area (Å²) in [5.74, 6) is -1.06. The lowest BCUT2D eigenvalue weighted by molar-refractivity contribution is -0.148. The highest BCUT2D eigenvalue weighted by Gasteiger charge is 2.45. The molecule has 0 bridgehead atoms. The molecule has 2 aromatic rings. The van der Waals surface area contributed by atoms with Crippen LogP contribution in [0.3, 0.4) is 0 Å². The van der Waals surface area contributed by atoms with E-state index < -0.39 is 24.0 Å². The van der Waals surface area contributed by atoms with Crippen molar-refractivity contribution in [2.75, 3.05) is 39.4 Å². The van der Waals surface area contributed by atoms with Crippen molar-refractivity contribution in [3.8, 4) is 0 Å². The lowest BCUT2D eigenvalue weighted by atomic mass is 10.0. The number of hydrogen-bond donors (Lipinski definition) is 4. The predicted molar refractivity (Wildman–Crippen MR) is 175 cm³/mol. The minimum Gasteiger partial charge on any atom is -0.378 e. The molecule has 5 rings (SSSR count). The van der Waals surface area contributed by atoms with Crippen molar-refractivity contribution in [1.29, 1.82) is 0 Å². The first kappa shape index (κ1) is 33.6. The fraction of sp³-hybridized carbons (Fsp3) is 0.543. The highest BCUT2D eigenvalue weighted by atomic mass is 16.5. The normalized spacial score (nSPS) is 21.1. The Morgan fingerprint density at radius 1 is 0.978 bits per heavy atom. The van der Waals surface area contributed by atoms with E-state index in [2.05, 4.69) is 28.1 Å². The van der Waals surface area contributed by atoms with Crippen LogP contribution in [0.2, 0.25) is 0 Å². The summed E-state index contributed by atoms with van der Waals surface area (Å²) >= 11 is 0. The minimum atomic E-state index is -0.870. The fourth-order valence-corrected chi connectivity index (χ4v) is 6.91. The third kappa shape index (κ3) is 8.51. The molecule has 11 nitrogen and oxygen atoms in total. The number of hydrogen-bond acceptors (Lipinski definition) is 7. The van der Waals surface area contributed by atoms with Crippen LogP contribution in [0.25, 0.3) is 0 Å². The number of amides is 4. The molecule has 4 atom stereocenters. The van der Waals surface area contributed by atoms with Gasteiger partial charge in [-0.15, -0.1) is 0 Å². The van der Waals surface area contributed by atoms with E-state index in [0.717, 1.165) is 31.2 Å². The molecule has 46 heavy (non-hydrogen) atoms. The van der Waals surface area contributed by atoms with Crippen molar-refractivity contribution >= 4 is 23.6 Å². The zero-order valence-electron chi connectivity index (χ0n) is 26.8. The summed E-state index contributed by atoms with van der Waals surface area (Å²) in [7, 11) is 0. The van der Waals surface area contributed by atoms with E-state index in [4.69, 9.17) is 10.5 Å². The number of nitrogens with one attached hydrogen (secondary N) is 3. The average Bonchev–Trinajstić information content (AvgIpc) is 3.61. The topological polar surface area (TPSA) is 146 Å². The maximum Gasteiger partial charge on any atom is 0.246 e. The van der Waals surface area contributed by atoms with Crippen LogP contribution < -0.4 is 21.7 Å². The van der Waals surface area contributed by atoms with Crippen LogP contribution in [-0.4, -0.2) is 103 Å². The Labute approximate surface area is 271 Å². The Balaban J connectivity index is 1.23. The van der Waals surface area contributed by atoms with E-state index in [1.165, 1.54) is 11.1 Å². The zero-order chi connectivity index (χ0) is 32.5. The second kappa shape index (κ2) is 16.2. The first-order chi connectivity index (χ1) is 22.3. The van der Waals surface area contributed by atoms with Gasteiger partial charge in [0, 0.05) is 31.6 Å². The second-order valence-electron chi connectivity index (χ2n) is 12.7. The van der Waals surface area contributed by atoms with Crippen LogP contribution in [0.4, 0.5) is 0 Å². The summed E-state index contributed by atoms with van der Waals surface area (Å²) in [4.78, 5) is 57.8. The van der Waals surface area contributed by atoms with E-state index in [9.17, 15) is 19.2 Å². The van der Waals surface area contributed by atoms with Crippen LogP contribution >= 0.6 is 0 Å². The minimum absolute atomic E-state index is 0.0819. The molecule has 5 N–H and O–H groups in total. The van der Waals surface area contributed by atoms with Crippen LogP contribution in [0.5, 0.6) is 0 Å². The van der Waals surface area contributed by atoms with Gasteiger partial charge in [-0.2, -0.15) is 0 Å². The number of nitrogens with zero attached hydrogens (tertiary/aromatic N) is 2. The maximum atomic E-state index is 13.9. The van der Waals surface area contributed by atoms with Gasteiger partial charge in [-0.05, 0) is 68.7 Å². The molecule has 1 unspecified atom stereocenters. The second-order valence-corrected chi connectivity index (χ2v) is 12.7. The van der Waals surface area contributed by atoms with Crippen molar-refractivity contribution < 1.29 is 23.9 Å². The standard InChI is InChI=1S/C35H48N6O5/c1-24-19-30(34(44)41(24)31(13-7-8-14-36)35(45)40-15-17-46-18-16-40)39-33(43)29(20-25-9-3-2-4-10-25)38-32(42)23-37-28-21-26-11-5-6-12-27(26)22-28/h2-6,9-12,24,28-31,37H,7-8,13-23,36H2,1H3,(H,38,42)(H,39,43)/t24?,29-,30-,31-/m1/s1. The molecule has 0 aromatic heterocycles. The van der Waals surface area contributed by atoms with Gasteiger partial charge in [0.1, 0.15) is 18.1 Å². The van der Waals surface area contributed by atoms with Crippen molar-refractivity contribution in [2.24, 2.45) is 5.73 Å². The summed E-state index contributed by atoms with van der Waals surface area (Å²) in [6.07, 6.45) is 4.36. The lowest BCUT2D eigenvalue weighted by Gasteiger charge is -2.36. The summed E-state index contributed by atoms with van der Waals surface area (Å²) < 4.78 is 5.43. The van der Waals surface area contributed by atoms with Gasteiger partial charge in [-0.1, -0.05) is 54.6 Å². The summed E-state index contributed by atoms with van der Waals surface area (Å²) in [5, 5.41) is 9.19. The zero-order valence-corrected chi connectivity index (χ0v) is 26.8. The average molecular weight is 633 g/mol. The number of carbonyl (C=O) groups is 4. The molecule has 2 heterocycles. The lowest BCUT2D eigenvalue weighted by Crippen LogP contribution is -2.56. The number of unbranched alkanes of at least 4 members (excludes halogenated alkanes) is 1. The third-order valence-electron chi connectivity index (χ3n) is 9.33. The predicted octanol–water partition coefficient (Wildman–Crippen LogP) is 0.933. The van der Waals surface area contributed by atoms with E-state index in [1.807, 2.05) is 49.4 Å². The molecular formula is C35H48N6O5. The first-order valence-electron chi connectivity index (χ1n) is 16.7. The van der Waals surface area contributed by atoms with Crippen LogP contribution in [0, 0.1) is 0 Å². The highest BCUT2D eigenvalue weighted by molar-refractivity contribution is 5.96. The van der Waals surface area contributed by atoms with E-state index in [-0.39, 0.29) is 42.8 Å². The fourth-order valence-electron chi connectivity index (χ4n) is 6.91. The van der Waals surface area contributed by atoms with Gasteiger partial charge in [0.25, 0.3) is 0 Å². The Morgan fingerprint density at radius 2 is 1.65 bits per heavy atom. The van der Waals surface area contributed by atoms with Gasteiger partial charge in [0.2, 0.25) is 23.6 Å². The largest absolute Gasteiger partial charge is 0.378 e. The van der Waals surface area contributed by atoms with Crippen molar-refractivity contribution in [2.45, 2.75) is 82.1 Å². The van der Waals surface area contributed by atoms with Gasteiger partial charge in [-0.3, -0.25) is 19.2 Å². The first-order valence-corrected chi connectivity index (χ1v) is 16.7. The summed E-state index contributed by atoms with van der Waals surface area (Å²) in [6.45, 7) is 4.45. The molecule has 0 spiro atoms. The molecule has 4 amide bonds. The molecule has 0 saturated carbocycles. The number of carbonyl (C=O) groups excluding carboxylic acids is 4. The Hall–Kier alpha value is -3.80. The number of fused-ring (bicyclic) bond motifs is 1. The maximum absolute atomic E-state index is 13.9. The molecule has 2 aliphatic heterocycles. The Kier molecular flexibility index (Phi) is 11.8. The highest BCUT2D eigenvalue weighted by Crippen LogP contribution is 2.26. The quantitative estimate of drug-likeness (QED) is 0.227. The summed E-state index contributed by atoms with van der Waals surface area (Å²) in [5.41, 5.74) is 9.21. The summed E-state index contributed by atoms with van der Waals surface area (Å²) in [6, 6.07) is 15.4. The molecule has 2 saturated heterocycles. The molecule has 0 radical (unpaired) electrons. The van der Waals surface area contributed by atoms with E-state index in [0.29, 0.717) is 45.7 Å². The van der Waals surface area contributed by atoms with Gasteiger partial charge in [0.05, 0.1) is 19.8 Å². The molecule has 2 aromatic carbocycles. The number of likely N-dealkylation sites (tertiary alicyclic amines) is 1. The monoisotopic (exact) mass is 632 g/mol. The van der Waals surface area contributed by atoms with Gasteiger partial charge in [-0.25, -0.2) is 0 Å². The Morgan fingerprint density at radius 3 is 2.33 bits per heavy atom. The molecule has 2 fully saturated rings. The van der Waals surface area contributed by atoms with Gasteiger partial charge >= 0.3 is 0 Å². The molecule has 3 aliphatic rings. The third-order valence-corrected chi connectivity index (χ3v) is 9.33. The molecule has 11 heteroatoms. The number of morpholine rings is 1. The van der Waals surface area contributed by atoms with Gasteiger partial charge in [0.15, 0.2) is 0 Å². The smallest absolute Gasteiger partial charge is 0.246 e. The molecule has 1 aliphatic carbocycles. The SMILES string of the molecule is CC1C[C@@H](NC(=O)[C@@H](Cc2ccccc2)NC(=O)CNC2Cc3ccccc3C2)C(=O)N1[C@H](CCCCN)C(=O)N1CCOCC1. The van der Waals surface area contributed by atoms with Crippen molar-refractivity contribution in [3.63, 3.8) is 0 Å². The van der Waals surface area contributed by atoms with Crippen LogP contribution in [0.15, 0.2) is 54.6 Å². The molecular weight excluding hydrogens is 584 g/mol. The Bertz CT molecular complexity index is 1320. The number of benzene rings is 2. The van der Waals surface area contributed by atoms with Crippen LogP contribution in [0.1, 0.15) is 49.3 Å². The number of ether oxygens (including phenoxy) is 1. The van der Waals surface area contributed by atoms with E-state index >= 15 is 0 Å². The molecule has 248 valence electrons. The number of nitrogens with two attached hydrogens (primary N) is 1. The number of rotatable bonds is 14. The van der Waals surface area contributed by atoms with Crippen molar-refractivity contribution in [3.05, 3.63) is 71.3 Å². The van der Waals surface area contributed by atoms with Crippen LogP contribution in [-0.2, 0) is 43.2 Å². The van der Waals surface area contributed by atoms with Gasteiger partial charge < -0.3 is 36.2 Å². The van der Waals surface area contributed by atoms with Crippen molar-refractivity contribution in [1.82, 2.24) is 25.8 Å². The van der Waals surface area contributed by atoms with E-state index in [1.54, 1.807) is 9.80 Å².